The molecule has 0 saturated heterocycles. The molecule has 2 N–H and O–H groups in total. The Morgan fingerprint density at radius 3 is 2.93 bits per heavy atom. The predicted octanol–water partition coefficient (Wildman–Crippen LogP) is 0.741. The second kappa shape index (κ2) is 4.27. The zero-order chi connectivity index (χ0) is 10.7. The Bertz CT molecular complexity index is 428. The summed E-state index contributed by atoms with van der Waals surface area (Å²) in [6, 6.07) is 4.13. The number of hydrogen-bond acceptors (Lipinski definition) is 3. The normalized spacial score (nSPS) is 10.8. The summed E-state index contributed by atoms with van der Waals surface area (Å²) >= 11 is 0. The summed E-state index contributed by atoms with van der Waals surface area (Å²) in [5.74, 6) is 1.66. The van der Waals surface area contributed by atoms with Crippen molar-refractivity contribution >= 4 is 0 Å². The van der Waals surface area contributed by atoms with Gasteiger partial charge >= 0.3 is 0 Å². The monoisotopic (exact) mass is 205 g/mol. The number of aryl methyl sites for hydroxylation is 2. The highest BCUT2D eigenvalue weighted by atomic mass is 15.2. The van der Waals surface area contributed by atoms with Crippen molar-refractivity contribution in [3.05, 3.63) is 35.7 Å². The molecule has 0 aliphatic carbocycles. The summed E-state index contributed by atoms with van der Waals surface area (Å²) in [4.78, 5) is 4.22. The van der Waals surface area contributed by atoms with E-state index in [1.54, 1.807) is 0 Å². The Labute approximate surface area is 88.5 Å². The van der Waals surface area contributed by atoms with Crippen LogP contribution in [-0.4, -0.2) is 19.7 Å². The molecular formula is C10H15N5. The third-order valence-corrected chi connectivity index (χ3v) is 2.28. The quantitative estimate of drug-likeness (QED) is 0.774. The first-order valence-corrected chi connectivity index (χ1v) is 4.94. The van der Waals surface area contributed by atoms with E-state index >= 15 is 0 Å². The molecule has 0 unspecified atom stereocenters. The molecule has 5 heteroatoms. The van der Waals surface area contributed by atoms with Crippen molar-refractivity contribution in [2.75, 3.05) is 0 Å². The second-order valence-electron chi connectivity index (χ2n) is 3.55. The zero-order valence-corrected chi connectivity index (χ0v) is 8.99. The topological polar surface area (TPSA) is 58.5 Å². The highest BCUT2D eigenvalue weighted by Gasteiger charge is 2.00. The van der Waals surface area contributed by atoms with Gasteiger partial charge in [0.1, 0.15) is 5.82 Å². The molecule has 2 rings (SSSR count). The lowest BCUT2D eigenvalue weighted by atomic mass is 10.4. The Hall–Kier alpha value is -1.62. The molecule has 0 atom stereocenters. The SMILES string of the molecule is Cc1nc(CNCc2cccn2C)n[nH]1. The number of H-pyrrole nitrogens is 1. The average Bonchev–Trinajstić information content (AvgIpc) is 2.77. The fourth-order valence-electron chi connectivity index (χ4n) is 1.45. The van der Waals surface area contributed by atoms with E-state index in [9.17, 15) is 0 Å². The lowest BCUT2D eigenvalue weighted by Gasteiger charge is -2.03. The van der Waals surface area contributed by atoms with Gasteiger partial charge in [-0.25, -0.2) is 4.98 Å². The summed E-state index contributed by atoms with van der Waals surface area (Å²) in [5.41, 5.74) is 1.25. The molecule has 0 amide bonds. The van der Waals surface area contributed by atoms with E-state index in [0.29, 0.717) is 6.54 Å². The molecular weight excluding hydrogens is 190 g/mol. The standard InChI is InChI=1S/C10H15N5/c1-8-12-10(14-13-8)7-11-6-9-4-3-5-15(9)2/h3-5,11H,6-7H2,1-2H3,(H,12,13,14). The Morgan fingerprint density at radius 1 is 1.47 bits per heavy atom. The molecule has 2 aromatic heterocycles. The molecule has 5 nitrogen and oxygen atoms in total. The van der Waals surface area contributed by atoms with E-state index in [0.717, 1.165) is 18.2 Å². The van der Waals surface area contributed by atoms with Crippen LogP contribution in [0.3, 0.4) is 0 Å². The Morgan fingerprint density at radius 2 is 2.33 bits per heavy atom. The van der Waals surface area contributed by atoms with E-state index in [2.05, 4.69) is 31.1 Å². The minimum absolute atomic E-state index is 0.690. The van der Waals surface area contributed by atoms with Crippen molar-refractivity contribution < 1.29 is 0 Å². The van der Waals surface area contributed by atoms with Crippen LogP contribution in [0.15, 0.2) is 18.3 Å². The number of nitrogens with one attached hydrogen (secondary N) is 2. The molecule has 80 valence electrons. The third-order valence-electron chi connectivity index (χ3n) is 2.28. The summed E-state index contributed by atoms with van der Waals surface area (Å²) < 4.78 is 2.09. The lowest BCUT2D eigenvalue weighted by Crippen LogP contribution is -2.15. The molecule has 0 radical (unpaired) electrons. The maximum absolute atomic E-state index is 4.22. The van der Waals surface area contributed by atoms with Crippen LogP contribution in [0.5, 0.6) is 0 Å². The van der Waals surface area contributed by atoms with Gasteiger partial charge in [0.25, 0.3) is 0 Å². The van der Waals surface area contributed by atoms with Crippen LogP contribution in [0.2, 0.25) is 0 Å². The average molecular weight is 205 g/mol. The van der Waals surface area contributed by atoms with Crippen LogP contribution in [-0.2, 0) is 20.1 Å². The predicted molar refractivity (Wildman–Crippen MR) is 57.1 cm³/mol. The first kappa shape index (κ1) is 9.92. The molecule has 2 aromatic rings. The third kappa shape index (κ3) is 2.44. The largest absolute Gasteiger partial charge is 0.353 e. The summed E-state index contributed by atoms with van der Waals surface area (Å²) in [6.45, 7) is 3.42. The molecule has 0 aromatic carbocycles. The van der Waals surface area contributed by atoms with Gasteiger partial charge in [0.2, 0.25) is 0 Å². The fraction of sp³-hybridized carbons (Fsp3) is 0.400. The number of rotatable bonds is 4. The van der Waals surface area contributed by atoms with Gasteiger partial charge in [-0.1, -0.05) is 0 Å². The van der Waals surface area contributed by atoms with Crippen LogP contribution >= 0.6 is 0 Å². The molecule has 0 aliphatic heterocycles. The van der Waals surface area contributed by atoms with Gasteiger partial charge in [0.05, 0.1) is 6.54 Å². The Kier molecular flexibility index (Phi) is 2.82. The summed E-state index contributed by atoms with van der Waals surface area (Å²) in [5, 5.41) is 10.2. The number of aromatic amines is 1. The highest BCUT2D eigenvalue weighted by molar-refractivity contribution is 5.06. The number of nitrogens with zero attached hydrogens (tertiary/aromatic N) is 3. The van der Waals surface area contributed by atoms with Gasteiger partial charge in [0, 0.05) is 25.5 Å². The van der Waals surface area contributed by atoms with Crippen molar-refractivity contribution in [1.82, 2.24) is 25.1 Å². The van der Waals surface area contributed by atoms with Crippen molar-refractivity contribution in [2.24, 2.45) is 7.05 Å². The van der Waals surface area contributed by atoms with Gasteiger partial charge < -0.3 is 9.88 Å². The molecule has 0 saturated carbocycles. The second-order valence-corrected chi connectivity index (χ2v) is 3.55. The molecule has 0 spiro atoms. The van der Waals surface area contributed by atoms with Crippen LogP contribution in [0.25, 0.3) is 0 Å². The minimum atomic E-state index is 0.690. The minimum Gasteiger partial charge on any atom is -0.353 e. The highest BCUT2D eigenvalue weighted by Crippen LogP contribution is 1.99. The lowest BCUT2D eigenvalue weighted by molar-refractivity contribution is 0.635. The van der Waals surface area contributed by atoms with Gasteiger partial charge in [-0.3, -0.25) is 5.10 Å². The fourth-order valence-corrected chi connectivity index (χ4v) is 1.45. The first-order valence-electron chi connectivity index (χ1n) is 4.94. The van der Waals surface area contributed by atoms with Crippen molar-refractivity contribution in [3.8, 4) is 0 Å². The Balaban J connectivity index is 1.83. The number of aromatic nitrogens is 4. The van der Waals surface area contributed by atoms with E-state index in [4.69, 9.17) is 0 Å². The van der Waals surface area contributed by atoms with Crippen molar-refractivity contribution in [2.45, 2.75) is 20.0 Å². The van der Waals surface area contributed by atoms with Gasteiger partial charge in [0.15, 0.2) is 5.82 Å². The first-order chi connectivity index (χ1) is 7.25. The molecule has 2 heterocycles. The van der Waals surface area contributed by atoms with Crippen LogP contribution in [0.1, 0.15) is 17.3 Å². The number of hydrogen-bond donors (Lipinski definition) is 2. The molecule has 0 bridgehead atoms. The maximum Gasteiger partial charge on any atom is 0.164 e. The van der Waals surface area contributed by atoms with Crippen LogP contribution < -0.4 is 5.32 Å². The van der Waals surface area contributed by atoms with E-state index in [1.165, 1.54) is 5.69 Å². The summed E-state index contributed by atoms with van der Waals surface area (Å²) in [6.07, 6.45) is 2.04. The summed E-state index contributed by atoms with van der Waals surface area (Å²) in [7, 11) is 2.04. The van der Waals surface area contributed by atoms with Crippen molar-refractivity contribution in [1.29, 1.82) is 0 Å². The van der Waals surface area contributed by atoms with Gasteiger partial charge in [-0.2, -0.15) is 5.10 Å². The molecule has 0 fully saturated rings. The molecule has 0 aliphatic rings. The van der Waals surface area contributed by atoms with Crippen LogP contribution in [0.4, 0.5) is 0 Å². The van der Waals surface area contributed by atoms with E-state index in [1.807, 2.05) is 26.2 Å². The van der Waals surface area contributed by atoms with Gasteiger partial charge in [-0.05, 0) is 19.1 Å². The maximum atomic E-state index is 4.22. The van der Waals surface area contributed by atoms with E-state index < -0.39 is 0 Å². The van der Waals surface area contributed by atoms with Crippen LogP contribution in [0, 0.1) is 6.92 Å². The molecule has 15 heavy (non-hydrogen) atoms. The smallest absolute Gasteiger partial charge is 0.164 e. The zero-order valence-electron chi connectivity index (χ0n) is 8.99. The van der Waals surface area contributed by atoms with Gasteiger partial charge in [-0.15, -0.1) is 0 Å². The van der Waals surface area contributed by atoms with Crippen molar-refractivity contribution in [3.63, 3.8) is 0 Å². The van der Waals surface area contributed by atoms with E-state index in [-0.39, 0.29) is 0 Å².